The van der Waals surface area contributed by atoms with Gasteiger partial charge >= 0.3 is 6.09 Å². The monoisotopic (exact) mass is 315 g/mol. The number of nitrogens with one attached hydrogen (secondary N) is 1. The number of amides is 1. The summed E-state index contributed by atoms with van der Waals surface area (Å²) in [7, 11) is 0. The van der Waals surface area contributed by atoms with Gasteiger partial charge in [0.05, 0.1) is 11.6 Å². The molecule has 1 aromatic carbocycles. The molecule has 1 N–H and O–H groups in total. The molecule has 1 fully saturated rings. The summed E-state index contributed by atoms with van der Waals surface area (Å²) in [5.74, 6) is 0. The number of nitrogens with zero attached hydrogens (tertiary/aromatic N) is 2. The number of piperidine rings is 1. The predicted octanol–water partition coefficient (Wildman–Crippen LogP) is 3.89. The van der Waals surface area contributed by atoms with Gasteiger partial charge in [-0.05, 0) is 70.5 Å². The van der Waals surface area contributed by atoms with E-state index in [4.69, 9.17) is 10.00 Å². The van der Waals surface area contributed by atoms with Crippen LogP contribution in [0.3, 0.4) is 0 Å². The van der Waals surface area contributed by atoms with E-state index in [1.165, 1.54) is 19.3 Å². The van der Waals surface area contributed by atoms with Gasteiger partial charge in [-0.1, -0.05) is 6.42 Å². The number of carbonyl (C=O) groups excluding carboxylic acids is 1. The van der Waals surface area contributed by atoms with Crippen molar-refractivity contribution >= 4 is 11.8 Å². The van der Waals surface area contributed by atoms with Gasteiger partial charge in [0.1, 0.15) is 5.60 Å². The van der Waals surface area contributed by atoms with E-state index in [2.05, 4.69) is 16.3 Å². The molecule has 23 heavy (non-hydrogen) atoms. The van der Waals surface area contributed by atoms with Crippen molar-refractivity contribution in [1.82, 2.24) is 4.90 Å². The molecule has 1 amide bonds. The molecule has 0 atom stereocenters. The molecule has 124 valence electrons. The lowest BCUT2D eigenvalue weighted by Gasteiger charge is -2.27. The molecule has 1 aromatic rings. The molecule has 1 aliphatic rings. The number of benzene rings is 1. The normalized spacial score (nSPS) is 15.7. The van der Waals surface area contributed by atoms with Crippen LogP contribution in [0.15, 0.2) is 18.2 Å². The zero-order valence-electron chi connectivity index (χ0n) is 14.2. The summed E-state index contributed by atoms with van der Waals surface area (Å²) in [6.07, 6.45) is 3.21. The van der Waals surface area contributed by atoms with Crippen molar-refractivity contribution in [3.63, 3.8) is 0 Å². The molecule has 0 bridgehead atoms. The molecular weight excluding hydrogens is 290 g/mol. The number of anilines is 1. The minimum atomic E-state index is -0.538. The Morgan fingerprint density at radius 3 is 2.61 bits per heavy atom. The molecule has 1 aliphatic heterocycles. The molecule has 1 heterocycles. The Hall–Kier alpha value is -2.06. The molecule has 2 rings (SSSR count). The van der Waals surface area contributed by atoms with Gasteiger partial charge in [0.2, 0.25) is 0 Å². The summed E-state index contributed by atoms with van der Waals surface area (Å²) < 4.78 is 5.31. The van der Waals surface area contributed by atoms with Crippen molar-refractivity contribution in [2.24, 2.45) is 0 Å². The highest BCUT2D eigenvalue weighted by atomic mass is 16.6. The van der Waals surface area contributed by atoms with Crippen molar-refractivity contribution in [3.8, 4) is 6.07 Å². The van der Waals surface area contributed by atoms with Crippen LogP contribution in [0.4, 0.5) is 10.5 Å². The van der Waals surface area contributed by atoms with E-state index in [1.807, 2.05) is 26.8 Å². The first-order valence-corrected chi connectivity index (χ1v) is 8.13. The first kappa shape index (κ1) is 17.3. The summed E-state index contributed by atoms with van der Waals surface area (Å²) in [4.78, 5) is 14.4. The number of hydrogen-bond donors (Lipinski definition) is 1. The van der Waals surface area contributed by atoms with Gasteiger partial charge < -0.3 is 4.74 Å². The number of likely N-dealkylation sites (tertiary alicyclic amines) is 1. The standard InChI is InChI=1S/C18H25N3O2/c1-18(2,3)23-17(22)20-16-8-7-14(12-19)11-15(16)13-21-9-5-4-6-10-21/h7-8,11H,4-6,9-10,13H2,1-3H3,(H,20,22). The van der Waals surface area contributed by atoms with E-state index in [0.717, 1.165) is 25.2 Å². The van der Waals surface area contributed by atoms with Gasteiger partial charge in [-0.15, -0.1) is 0 Å². The van der Waals surface area contributed by atoms with Gasteiger partial charge in [0, 0.05) is 12.2 Å². The van der Waals surface area contributed by atoms with Crippen LogP contribution in [0.5, 0.6) is 0 Å². The molecular formula is C18H25N3O2. The van der Waals surface area contributed by atoms with E-state index in [-0.39, 0.29) is 0 Å². The third kappa shape index (κ3) is 5.57. The molecule has 0 aromatic heterocycles. The third-order valence-corrected chi connectivity index (χ3v) is 3.71. The Morgan fingerprint density at radius 2 is 2.00 bits per heavy atom. The minimum absolute atomic E-state index is 0.470. The first-order chi connectivity index (χ1) is 10.9. The van der Waals surface area contributed by atoms with Gasteiger partial charge in [0.15, 0.2) is 0 Å². The second-order valence-corrected chi connectivity index (χ2v) is 6.95. The molecule has 5 nitrogen and oxygen atoms in total. The smallest absolute Gasteiger partial charge is 0.412 e. The van der Waals surface area contributed by atoms with Crippen molar-refractivity contribution in [2.75, 3.05) is 18.4 Å². The SMILES string of the molecule is CC(C)(C)OC(=O)Nc1ccc(C#N)cc1CN1CCCCC1. The van der Waals surface area contributed by atoms with Gasteiger partial charge in [-0.2, -0.15) is 5.26 Å². The van der Waals surface area contributed by atoms with Crippen LogP contribution in [0.1, 0.15) is 51.2 Å². The Morgan fingerprint density at radius 1 is 1.30 bits per heavy atom. The van der Waals surface area contributed by atoms with Crippen molar-refractivity contribution < 1.29 is 9.53 Å². The van der Waals surface area contributed by atoms with Crippen LogP contribution in [-0.4, -0.2) is 29.7 Å². The molecule has 0 spiro atoms. The van der Waals surface area contributed by atoms with Crippen LogP contribution < -0.4 is 5.32 Å². The predicted molar refractivity (Wildman–Crippen MR) is 90.1 cm³/mol. The summed E-state index contributed by atoms with van der Waals surface area (Å²) in [6.45, 7) is 8.35. The number of carbonyl (C=O) groups is 1. The lowest BCUT2D eigenvalue weighted by Crippen LogP contribution is -2.30. The van der Waals surface area contributed by atoms with Crippen LogP contribution in [0.2, 0.25) is 0 Å². The highest BCUT2D eigenvalue weighted by molar-refractivity contribution is 5.86. The van der Waals surface area contributed by atoms with Crippen LogP contribution >= 0.6 is 0 Å². The summed E-state index contributed by atoms with van der Waals surface area (Å²) >= 11 is 0. The Labute approximate surface area is 138 Å². The molecule has 0 aliphatic carbocycles. The fourth-order valence-corrected chi connectivity index (χ4v) is 2.69. The maximum absolute atomic E-state index is 12.0. The number of nitriles is 1. The topological polar surface area (TPSA) is 65.4 Å². The van der Waals surface area contributed by atoms with E-state index >= 15 is 0 Å². The van der Waals surface area contributed by atoms with E-state index < -0.39 is 11.7 Å². The second-order valence-electron chi connectivity index (χ2n) is 6.95. The van der Waals surface area contributed by atoms with Crippen molar-refractivity contribution in [2.45, 2.75) is 52.2 Å². The third-order valence-electron chi connectivity index (χ3n) is 3.71. The molecule has 0 radical (unpaired) electrons. The fraction of sp³-hybridized carbons (Fsp3) is 0.556. The fourth-order valence-electron chi connectivity index (χ4n) is 2.69. The lowest BCUT2D eigenvalue weighted by atomic mass is 10.1. The second kappa shape index (κ2) is 7.47. The van der Waals surface area contributed by atoms with E-state index in [9.17, 15) is 4.79 Å². The zero-order valence-corrected chi connectivity index (χ0v) is 14.2. The molecule has 0 unspecified atom stereocenters. The van der Waals surface area contributed by atoms with E-state index in [0.29, 0.717) is 11.3 Å². The highest BCUT2D eigenvalue weighted by Gasteiger charge is 2.18. The Kier molecular flexibility index (Phi) is 5.62. The highest BCUT2D eigenvalue weighted by Crippen LogP contribution is 2.22. The van der Waals surface area contributed by atoms with Gasteiger partial charge in [-0.3, -0.25) is 10.2 Å². The number of rotatable bonds is 3. The summed E-state index contributed by atoms with van der Waals surface area (Å²) in [6, 6.07) is 7.50. The number of hydrogen-bond acceptors (Lipinski definition) is 4. The molecule has 5 heteroatoms. The van der Waals surface area contributed by atoms with Crippen LogP contribution in [0, 0.1) is 11.3 Å². The maximum Gasteiger partial charge on any atom is 0.412 e. The average molecular weight is 315 g/mol. The lowest BCUT2D eigenvalue weighted by molar-refractivity contribution is 0.0635. The average Bonchev–Trinajstić information content (AvgIpc) is 2.48. The summed E-state index contributed by atoms with van der Waals surface area (Å²) in [5, 5.41) is 11.9. The maximum atomic E-state index is 12.0. The van der Waals surface area contributed by atoms with Crippen molar-refractivity contribution in [3.05, 3.63) is 29.3 Å². The Bertz CT molecular complexity index is 593. The first-order valence-electron chi connectivity index (χ1n) is 8.13. The Balaban J connectivity index is 2.14. The molecule has 0 saturated carbocycles. The van der Waals surface area contributed by atoms with Crippen LogP contribution in [0.25, 0.3) is 0 Å². The van der Waals surface area contributed by atoms with Gasteiger partial charge in [0.25, 0.3) is 0 Å². The largest absolute Gasteiger partial charge is 0.444 e. The molecule has 1 saturated heterocycles. The van der Waals surface area contributed by atoms with E-state index in [1.54, 1.807) is 12.1 Å². The van der Waals surface area contributed by atoms with Gasteiger partial charge in [-0.25, -0.2) is 4.79 Å². The number of ether oxygens (including phenoxy) is 1. The summed E-state index contributed by atoms with van der Waals surface area (Å²) in [5.41, 5.74) is 1.73. The van der Waals surface area contributed by atoms with Crippen molar-refractivity contribution in [1.29, 1.82) is 5.26 Å². The zero-order chi connectivity index (χ0) is 16.9. The van der Waals surface area contributed by atoms with Crippen LogP contribution in [-0.2, 0) is 11.3 Å². The minimum Gasteiger partial charge on any atom is -0.444 e. The quantitative estimate of drug-likeness (QED) is 0.919.